The van der Waals surface area contributed by atoms with Gasteiger partial charge in [0.2, 0.25) is 5.91 Å². The number of halogens is 2. The fraction of sp³-hybridized carbons (Fsp3) is 0.529. The molecule has 1 amide bonds. The summed E-state index contributed by atoms with van der Waals surface area (Å²) in [5, 5.41) is 8.85. The molecule has 0 saturated heterocycles. The van der Waals surface area contributed by atoms with E-state index in [-0.39, 0.29) is 31.3 Å². The van der Waals surface area contributed by atoms with Crippen molar-refractivity contribution in [2.75, 3.05) is 6.54 Å². The van der Waals surface area contributed by atoms with E-state index in [1.165, 1.54) is 23.8 Å². The molecule has 1 N–H and O–H groups in total. The fourth-order valence-corrected chi connectivity index (χ4v) is 3.13. The third-order valence-corrected chi connectivity index (χ3v) is 4.65. The Kier molecular flexibility index (Phi) is 4.33. The van der Waals surface area contributed by atoms with Crippen LogP contribution in [-0.2, 0) is 16.1 Å². The van der Waals surface area contributed by atoms with Gasteiger partial charge in [-0.05, 0) is 48.8 Å². The second kappa shape index (κ2) is 6.26. The van der Waals surface area contributed by atoms with Crippen LogP contribution in [0.15, 0.2) is 18.2 Å². The maximum absolute atomic E-state index is 13.3. The number of hydrogen-bond acceptors (Lipinski definition) is 2. The second-order valence-electron chi connectivity index (χ2n) is 6.50. The van der Waals surface area contributed by atoms with Crippen molar-refractivity contribution < 1.29 is 23.5 Å². The van der Waals surface area contributed by atoms with Gasteiger partial charge in [-0.3, -0.25) is 9.59 Å². The monoisotopic (exact) mass is 323 g/mol. The third-order valence-electron chi connectivity index (χ3n) is 4.65. The van der Waals surface area contributed by atoms with E-state index in [1.54, 1.807) is 0 Å². The number of carboxylic acids is 1. The average Bonchev–Trinajstić information content (AvgIpc) is 3.37. The Bertz CT molecular complexity index is 630. The summed E-state index contributed by atoms with van der Waals surface area (Å²) in [4.78, 5) is 24.8. The molecular formula is C17H19F2NO3. The number of carbonyl (C=O) groups is 2. The Morgan fingerprint density at radius 2 is 1.96 bits per heavy atom. The maximum Gasteiger partial charge on any atom is 0.305 e. The normalized spacial score (nSPS) is 22.7. The molecule has 0 unspecified atom stereocenters. The van der Waals surface area contributed by atoms with Crippen LogP contribution in [0.25, 0.3) is 0 Å². The van der Waals surface area contributed by atoms with Gasteiger partial charge in [0, 0.05) is 19.0 Å². The van der Waals surface area contributed by atoms with Crippen molar-refractivity contribution in [1.82, 2.24) is 4.90 Å². The summed E-state index contributed by atoms with van der Waals surface area (Å²) in [6.07, 6.45) is 3.06. The second-order valence-corrected chi connectivity index (χ2v) is 6.50. The number of amides is 1. The maximum atomic E-state index is 13.3. The first kappa shape index (κ1) is 15.9. The summed E-state index contributed by atoms with van der Waals surface area (Å²) in [7, 11) is 0. The summed E-state index contributed by atoms with van der Waals surface area (Å²) < 4.78 is 26.3. The predicted molar refractivity (Wildman–Crippen MR) is 78.3 cm³/mol. The lowest BCUT2D eigenvalue weighted by atomic mass is 10.1. The van der Waals surface area contributed by atoms with Crippen molar-refractivity contribution in [3.8, 4) is 0 Å². The molecule has 0 aliphatic heterocycles. The van der Waals surface area contributed by atoms with Crippen molar-refractivity contribution >= 4 is 11.9 Å². The van der Waals surface area contributed by atoms with Gasteiger partial charge in [-0.2, -0.15) is 0 Å². The minimum atomic E-state index is -0.984. The predicted octanol–water partition coefficient (Wildman–Crippen LogP) is 2.81. The van der Waals surface area contributed by atoms with E-state index in [1.807, 2.05) is 0 Å². The van der Waals surface area contributed by atoms with Crippen molar-refractivity contribution in [3.63, 3.8) is 0 Å². The summed E-state index contributed by atoms with van der Waals surface area (Å²) in [5.74, 6) is -1.89. The van der Waals surface area contributed by atoms with Gasteiger partial charge < -0.3 is 10.0 Å². The highest BCUT2D eigenvalue weighted by molar-refractivity contribution is 5.82. The van der Waals surface area contributed by atoms with E-state index in [0.29, 0.717) is 17.4 Å². The van der Waals surface area contributed by atoms with Crippen LogP contribution in [0.1, 0.15) is 31.2 Å². The molecule has 2 fully saturated rings. The topological polar surface area (TPSA) is 57.6 Å². The summed E-state index contributed by atoms with van der Waals surface area (Å²) >= 11 is 0. The number of carboxylic acid groups (broad SMARTS) is 1. The molecule has 2 aliphatic rings. The van der Waals surface area contributed by atoms with Crippen LogP contribution in [0.5, 0.6) is 0 Å². The SMILES string of the molecule is O=C(O)CCN(Cc1ccc(F)c(F)c1)C(=O)[C@H]1C[C@@H]1C1CC1. The number of carbonyl (C=O) groups excluding carboxylic acids is 1. The smallest absolute Gasteiger partial charge is 0.305 e. The van der Waals surface area contributed by atoms with E-state index >= 15 is 0 Å². The molecule has 6 heteroatoms. The molecule has 4 nitrogen and oxygen atoms in total. The van der Waals surface area contributed by atoms with E-state index in [0.717, 1.165) is 18.6 Å². The number of benzene rings is 1. The molecule has 0 aromatic heterocycles. The largest absolute Gasteiger partial charge is 0.481 e. The Balaban J connectivity index is 1.68. The molecule has 0 radical (unpaired) electrons. The van der Waals surface area contributed by atoms with Crippen LogP contribution >= 0.6 is 0 Å². The molecule has 2 aliphatic carbocycles. The van der Waals surface area contributed by atoms with E-state index < -0.39 is 17.6 Å². The Morgan fingerprint density at radius 3 is 2.57 bits per heavy atom. The van der Waals surface area contributed by atoms with Crippen LogP contribution in [0, 0.1) is 29.4 Å². The molecule has 124 valence electrons. The van der Waals surface area contributed by atoms with Gasteiger partial charge >= 0.3 is 5.97 Å². The highest BCUT2D eigenvalue weighted by Crippen LogP contribution is 2.54. The van der Waals surface area contributed by atoms with E-state index in [2.05, 4.69) is 0 Å². The van der Waals surface area contributed by atoms with Crippen LogP contribution in [0.4, 0.5) is 8.78 Å². The zero-order chi connectivity index (χ0) is 16.6. The zero-order valence-corrected chi connectivity index (χ0v) is 12.7. The molecule has 0 spiro atoms. The van der Waals surface area contributed by atoms with E-state index in [9.17, 15) is 18.4 Å². The standard InChI is InChI=1S/C17H19F2NO3/c18-14-4-1-10(7-15(14)19)9-20(6-5-16(21)22)17(23)13-8-12(13)11-2-3-11/h1,4,7,11-13H,2-3,5-6,8-9H2,(H,21,22)/t12-,13+/m1/s1. The molecule has 2 atom stereocenters. The lowest BCUT2D eigenvalue weighted by Gasteiger charge is -2.22. The Labute approximate surface area is 133 Å². The van der Waals surface area contributed by atoms with Crippen molar-refractivity contribution in [2.45, 2.75) is 32.2 Å². The van der Waals surface area contributed by atoms with Gasteiger partial charge in [0.15, 0.2) is 11.6 Å². The minimum absolute atomic E-state index is 0.0263. The Hall–Kier alpha value is -1.98. The van der Waals surface area contributed by atoms with Gasteiger partial charge in [-0.15, -0.1) is 0 Å². The first-order valence-electron chi connectivity index (χ1n) is 7.90. The molecule has 23 heavy (non-hydrogen) atoms. The lowest BCUT2D eigenvalue weighted by molar-refractivity contribution is -0.139. The van der Waals surface area contributed by atoms with Crippen molar-refractivity contribution in [3.05, 3.63) is 35.4 Å². The zero-order valence-electron chi connectivity index (χ0n) is 12.7. The number of nitrogens with zero attached hydrogens (tertiary/aromatic N) is 1. The Morgan fingerprint density at radius 1 is 1.22 bits per heavy atom. The van der Waals surface area contributed by atoms with Crippen LogP contribution in [0.3, 0.4) is 0 Å². The van der Waals surface area contributed by atoms with Crippen LogP contribution < -0.4 is 0 Å². The average molecular weight is 323 g/mol. The molecule has 3 rings (SSSR count). The molecule has 1 aromatic carbocycles. The highest BCUT2D eigenvalue weighted by atomic mass is 19.2. The van der Waals surface area contributed by atoms with Gasteiger partial charge in [0.25, 0.3) is 0 Å². The van der Waals surface area contributed by atoms with Gasteiger partial charge in [-0.1, -0.05) is 6.07 Å². The number of aliphatic carboxylic acids is 1. The summed E-state index contributed by atoms with van der Waals surface area (Å²) in [6.45, 7) is 0.193. The molecule has 0 bridgehead atoms. The molecule has 1 aromatic rings. The van der Waals surface area contributed by atoms with Gasteiger partial charge in [0.05, 0.1) is 6.42 Å². The van der Waals surface area contributed by atoms with E-state index in [4.69, 9.17) is 5.11 Å². The minimum Gasteiger partial charge on any atom is -0.481 e. The third kappa shape index (κ3) is 3.86. The first-order chi connectivity index (χ1) is 11.0. The molecule has 0 heterocycles. The molecular weight excluding hydrogens is 304 g/mol. The van der Waals surface area contributed by atoms with Gasteiger partial charge in [-0.25, -0.2) is 8.78 Å². The highest BCUT2D eigenvalue weighted by Gasteiger charge is 2.52. The lowest BCUT2D eigenvalue weighted by Crippen LogP contribution is -2.34. The number of hydrogen-bond donors (Lipinski definition) is 1. The fourth-order valence-electron chi connectivity index (χ4n) is 3.13. The quantitative estimate of drug-likeness (QED) is 0.839. The molecule has 2 saturated carbocycles. The summed E-state index contributed by atoms with van der Waals surface area (Å²) in [6, 6.07) is 3.50. The summed E-state index contributed by atoms with van der Waals surface area (Å²) in [5.41, 5.74) is 0.464. The van der Waals surface area contributed by atoms with Crippen LogP contribution in [-0.4, -0.2) is 28.4 Å². The first-order valence-corrected chi connectivity index (χ1v) is 7.90. The van der Waals surface area contributed by atoms with Gasteiger partial charge in [0.1, 0.15) is 0 Å². The number of rotatable bonds is 7. The van der Waals surface area contributed by atoms with Crippen molar-refractivity contribution in [1.29, 1.82) is 0 Å². The van der Waals surface area contributed by atoms with Crippen LogP contribution in [0.2, 0.25) is 0 Å². The van der Waals surface area contributed by atoms with Crippen molar-refractivity contribution in [2.24, 2.45) is 17.8 Å².